The summed E-state index contributed by atoms with van der Waals surface area (Å²) in [5.74, 6) is 1.83. The molecule has 0 fully saturated rings. The predicted octanol–water partition coefficient (Wildman–Crippen LogP) is 7.50. The van der Waals surface area contributed by atoms with Crippen molar-refractivity contribution in [1.29, 1.82) is 0 Å². The minimum atomic E-state index is -0.102. The molecule has 38 heavy (non-hydrogen) atoms. The first-order valence-electron chi connectivity index (χ1n) is 14.0. The number of likely N-dealkylation sites (N-methyl/N-ethyl adjacent to an activating group) is 1. The first-order chi connectivity index (χ1) is 18.4. The van der Waals surface area contributed by atoms with Gasteiger partial charge in [-0.2, -0.15) is 0 Å². The molecule has 3 heterocycles. The third-order valence-corrected chi connectivity index (χ3v) is 8.71. The van der Waals surface area contributed by atoms with Crippen LogP contribution in [0, 0.1) is 20.8 Å². The second-order valence-corrected chi connectivity index (χ2v) is 12.0. The molecule has 0 unspecified atom stereocenters. The number of halogens is 1. The van der Waals surface area contributed by atoms with Gasteiger partial charge in [-0.25, -0.2) is 0 Å². The largest absolute Gasteiger partial charge is 0.381 e. The van der Waals surface area contributed by atoms with Crippen LogP contribution in [-0.2, 0) is 4.74 Å². The normalized spacial score (nSPS) is 14.9. The molecule has 1 aliphatic heterocycles. The Kier molecular flexibility index (Phi) is 10.5. The van der Waals surface area contributed by atoms with Crippen LogP contribution in [0.3, 0.4) is 0 Å². The fraction of sp³-hybridized carbons (Fsp3) is 0.567. The molecule has 1 atom stereocenters. The van der Waals surface area contributed by atoms with Crippen molar-refractivity contribution in [2.75, 3.05) is 33.4 Å². The predicted molar refractivity (Wildman–Crippen MR) is 160 cm³/mol. The van der Waals surface area contributed by atoms with Gasteiger partial charge in [-0.1, -0.05) is 56.3 Å². The standard InChI is InChI=1S/C30H42ClN5OS/c1-6-18-37-19-12-10-8-7-9-11-17-35(5)20-26-29-34-33-23(4)36(29)30-27(21(2)22(3)38-30)28(32-26)24-13-15-25(31)16-14-24/h13-16,26H,6-12,17-20H2,1-5H3/t26-/m0/s1. The van der Waals surface area contributed by atoms with E-state index in [0.717, 1.165) is 65.7 Å². The Morgan fingerprint density at radius 3 is 2.42 bits per heavy atom. The average molecular weight is 556 g/mol. The summed E-state index contributed by atoms with van der Waals surface area (Å²) in [7, 11) is 2.20. The van der Waals surface area contributed by atoms with E-state index in [9.17, 15) is 0 Å². The number of hydrogen-bond acceptors (Lipinski definition) is 6. The number of aryl methyl sites for hydroxylation is 2. The van der Waals surface area contributed by atoms with E-state index in [0.29, 0.717) is 0 Å². The molecule has 0 saturated carbocycles. The van der Waals surface area contributed by atoms with Crippen molar-refractivity contribution in [3.63, 3.8) is 0 Å². The zero-order valence-electron chi connectivity index (χ0n) is 23.6. The molecule has 2 aromatic heterocycles. The van der Waals surface area contributed by atoms with Gasteiger partial charge in [-0.3, -0.25) is 9.56 Å². The van der Waals surface area contributed by atoms with E-state index in [1.54, 1.807) is 11.3 Å². The van der Waals surface area contributed by atoms with Crippen LogP contribution in [0.25, 0.3) is 5.00 Å². The van der Waals surface area contributed by atoms with Gasteiger partial charge < -0.3 is 9.64 Å². The topological polar surface area (TPSA) is 55.5 Å². The van der Waals surface area contributed by atoms with Crippen molar-refractivity contribution >= 4 is 28.6 Å². The van der Waals surface area contributed by atoms with Crippen LogP contribution in [-0.4, -0.2) is 58.7 Å². The summed E-state index contributed by atoms with van der Waals surface area (Å²) >= 11 is 8.03. The smallest absolute Gasteiger partial charge is 0.164 e. The molecular weight excluding hydrogens is 514 g/mol. The molecule has 0 amide bonds. The lowest BCUT2D eigenvalue weighted by atomic mass is 10.00. The van der Waals surface area contributed by atoms with E-state index >= 15 is 0 Å². The second kappa shape index (κ2) is 13.8. The monoisotopic (exact) mass is 555 g/mol. The molecule has 0 N–H and O–H groups in total. The van der Waals surface area contributed by atoms with Crippen LogP contribution in [0.1, 0.15) is 91.1 Å². The maximum Gasteiger partial charge on any atom is 0.164 e. The van der Waals surface area contributed by atoms with Crippen molar-refractivity contribution in [2.24, 2.45) is 4.99 Å². The first-order valence-corrected chi connectivity index (χ1v) is 15.2. The molecule has 3 aromatic rings. The minimum Gasteiger partial charge on any atom is -0.381 e. The van der Waals surface area contributed by atoms with Gasteiger partial charge in [0.2, 0.25) is 0 Å². The van der Waals surface area contributed by atoms with E-state index in [2.05, 4.69) is 59.6 Å². The van der Waals surface area contributed by atoms with Gasteiger partial charge >= 0.3 is 0 Å². The summed E-state index contributed by atoms with van der Waals surface area (Å²) in [5.41, 5.74) is 4.55. The van der Waals surface area contributed by atoms with Crippen molar-refractivity contribution in [3.8, 4) is 5.00 Å². The number of aliphatic imine (C=N–C) groups is 1. The molecule has 0 bridgehead atoms. The maximum absolute atomic E-state index is 6.23. The highest BCUT2D eigenvalue weighted by Gasteiger charge is 2.31. The molecule has 1 aliphatic rings. The molecule has 4 rings (SSSR count). The van der Waals surface area contributed by atoms with Gasteiger partial charge in [0.15, 0.2) is 5.82 Å². The number of unbranched alkanes of at least 4 members (excludes halogenated alkanes) is 5. The summed E-state index contributed by atoms with van der Waals surface area (Å²) < 4.78 is 7.82. The number of thiophene rings is 1. The lowest BCUT2D eigenvalue weighted by Crippen LogP contribution is -2.26. The van der Waals surface area contributed by atoms with E-state index < -0.39 is 0 Å². The van der Waals surface area contributed by atoms with Gasteiger partial charge in [-0.15, -0.1) is 21.5 Å². The summed E-state index contributed by atoms with van der Waals surface area (Å²) in [4.78, 5) is 9.08. The Hall–Kier alpha value is -2.06. The Bertz CT molecular complexity index is 1220. The van der Waals surface area contributed by atoms with Gasteiger partial charge in [0.25, 0.3) is 0 Å². The van der Waals surface area contributed by atoms with E-state index in [1.807, 2.05) is 19.1 Å². The lowest BCUT2D eigenvalue weighted by Gasteiger charge is -2.21. The third kappa shape index (κ3) is 6.92. The fourth-order valence-electron chi connectivity index (χ4n) is 5.04. The van der Waals surface area contributed by atoms with E-state index in [1.165, 1.54) is 54.5 Å². The number of rotatable bonds is 14. The second-order valence-electron chi connectivity index (χ2n) is 10.4. The van der Waals surface area contributed by atoms with E-state index in [4.69, 9.17) is 21.3 Å². The molecular formula is C30H42ClN5OS. The van der Waals surface area contributed by atoms with Crippen LogP contribution in [0.5, 0.6) is 0 Å². The highest BCUT2D eigenvalue weighted by molar-refractivity contribution is 7.15. The minimum absolute atomic E-state index is 0.102. The molecule has 0 saturated heterocycles. The number of hydrogen-bond donors (Lipinski definition) is 0. The molecule has 8 heteroatoms. The lowest BCUT2D eigenvalue weighted by molar-refractivity contribution is 0.130. The van der Waals surface area contributed by atoms with Crippen LogP contribution in [0.2, 0.25) is 5.02 Å². The Labute approximate surface area is 237 Å². The van der Waals surface area contributed by atoms with E-state index in [-0.39, 0.29) is 6.04 Å². The van der Waals surface area contributed by atoms with Crippen LogP contribution in [0.4, 0.5) is 0 Å². The molecule has 0 aliphatic carbocycles. The molecule has 0 radical (unpaired) electrons. The fourth-order valence-corrected chi connectivity index (χ4v) is 6.38. The van der Waals surface area contributed by atoms with Gasteiger partial charge in [0.05, 0.1) is 5.71 Å². The molecule has 6 nitrogen and oxygen atoms in total. The SMILES string of the molecule is CCCOCCCCCCCCN(C)C[C@@H]1N=C(c2ccc(Cl)cc2)c2c(sc(C)c2C)-n2c(C)nnc21. The van der Waals surface area contributed by atoms with Gasteiger partial charge in [0.1, 0.15) is 16.9 Å². The summed E-state index contributed by atoms with van der Waals surface area (Å²) in [6, 6.07) is 7.95. The number of aromatic nitrogens is 3. The molecule has 1 aromatic carbocycles. The zero-order chi connectivity index (χ0) is 27.1. The third-order valence-electron chi connectivity index (χ3n) is 7.27. The van der Waals surface area contributed by atoms with Crippen LogP contribution in [0.15, 0.2) is 29.3 Å². The first kappa shape index (κ1) is 28.9. The highest BCUT2D eigenvalue weighted by Crippen LogP contribution is 2.39. The number of fused-ring (bicyclic) bond motifs is 3. The van der Waals surface area contributed by atoms with Crippen LogP contribution >= 0.6 is 22.9 Å². The average Bonchev–Trinajstić information content (AvgIpc) is 3.37. The molecule has 0 spiro atoms. The highest BCUT2D eigenvalue weighted by atomic mass is 35.5. The Morgan fingerprint density at radius 2 is 1.68 bits per heavy atom. The number of benzene rings is 1. The van der Waals surface area contributed by atoms with Gasteiger partial charge in [-0.05, 0) is 71.3 Å². The van der Waals surface area contributed by atoms with Crippen molar-refractivity contribution in [2.45, 2.75) is 78.7 Å². The van der Waals surface area contributed by atoms with Crippen LogP contribution < -0.4 is 0 Å². The van der Waals surface area contributed by atoms with Crippen molar-refractivity contribution in [1.82, 2.24) is 19.7 Å². The molecule has 206 valence electrons. The van der Waals surface area contributed by atoms with Gasteiger partial charge in [0, 0.05) is 40.8 Å². The summed E-state index contributed by atoms with van der Waals surface area (Å²) in [6.45, 7) is 12.2. The Balaban J connectivity index is 1.46. The number of nitrogens with zero attached hydrogens (tertiary/aromatic N) is 5. The Morgan fingerprint density at radius 1 is 0.974 bits per heavy atom. The van der Waals surface area contributed by atoms with Crippen molar-refractivity contribution < 1.29 is 4.74 Å². The summed E-state index contributed by atoms with van der Waals surface area (Å²) in [6.07, 6.45) is 8.59. The zero-order valence-corrected chi connectivity index (χ0v) is 25.2. The summed E-state index contributed by atoms with van der Waals surface area (Å²) in [5, 5.41) is 11.0. The quantitative estimate of drug-likeness (QED) is 0.193. The maximum atomic E-state index is 6.23. The number of ether oxygens (including phenoxy) is 1. The van der Waals surface area contributed by atoms with Crippen molar-refractivity contribution in [3.05, 3.63) is 62.5 Å².